The van der Waals surface area contributed by atoms with Gasteiger partial charge in [-0.3, -0.25) is 0 Å². The first-order chi connectivity index (χ1) is 12.6. The number of carbonyl (C=O) groups excluding carboxylic acids is 1. The third kappa shape index (κ3) is 6.62. The Bertz CT molecular complexity index is 681. The molecule has 0 fully saturated rings. The molecule has 1 heterocycles. The van der Waals surface area contributed by atoms with Crippen LogP contribution in [0.4, 0.5) is 0 Å². The summed E-state index contributed by atoms with van der Waals surface area (Å²) in [7, 11) is 0. The molecule has 0 N–H and O–H groups in total. The molecule has 0 saturated heterocycles. The molecule has 0 aliphatic heterocycles. The van der Waals surface area contributed by atoms with Gasteiger partial charge in [-0.15, -0.1) is 0 Å². The number of pyridine rings is 1. The fourth-order valence-corrected chi connectivity index (χ4v) is 3.46. The number of carbonyl (C=O) groups is 1. The number of nitrogens with zero attached hydrogens (tertiary/aromatic N) is 1. The fraction of sp³-hybridized carbons (Fsp3) is 0.429. The lowest BCUT2D eigenvalue weighted by Crippen LogP contribution is -2.33. The van der Waals surface area contributed by atoms with Crippen LogP contribution in [0.2, 0.25) is 10.0 Å². The number of ether oxygens (including phenoxy) is 1. The van der Waals surface area contributed by atoms with Crippen LogP contribution in [-0.2, 0) is 17.7 Å². The maximum absolute atomic E-state index is 12.0. The van der Waals surface area contributed by atoms with E-state index in [2.05, 4.69) is 6.92 Å². The molecule has 0 aliphatic rings. The summed E-state index contributed by atoms with van der Waals surface area (Å²) in [6, 6.07) is 8.94. The second-order valence-corrected chi connectivity index (χ2v) is 7.15. The van der Waals surface area contributed by atoms with Crippen molar-refractivity contribution >= 4 is 29.2 Å². The van der Waals surface area contributed by atoms with E-state index < -0.39 is 0 Å². The highest BCUT2D eigenvalue weighted by Gasteiger charge is 2.15. The van der Waals surface area contributed by atoms with Crippen molar-refractivity contribution < 1.29 is 14.1 Å². The van der Waals surface area contributed by atoms with E-state index in [0.717, 1.165) is 18.5 Å². The minimum atomic E-state index is -0.337. The molecule has 140 valence electrons. The van der Waals surface area contributed by atoms with Gasteiger partial charge in [-0.25, -0.2) is 9.36 Å². The molecule has 0 atom stereocenters. The maximum atomic E-state index is 12.0. The van der Waals surface area contributed by atoms with Crippen molar-refractivity contribution in [2.24, 2.45) is 0 Å². The van der Waals surface area contributed by atoms with Crippen LogP contribution >= 0.6 is 23.2 Å². The van der Waals surface area contributed by atoms with Crippen LogP contribution < -0.4 is 4.57 Å². The number of hydrogen-bond acceptors (Lipinski definition) is 2. The Labute approximate surface area is 165 Å². The summed E-state index contributed by atoms with van der Waals surface area (Å²) in [4.78, 5) is 12.0. The van der Waals surface area contributed by atoms with Crippen molar-refractivity contribution in [2.45, 2.75) is 52.0 Å². The van der Waals surface area contributed by atoms with E-state index in [-0.39, 0.29) is 12.6 Å². The Hall–Kier alpha value is -1.58. The van der Waals surface area contributed by atoms with E-state index in [0.29, 0.717) is 22.0 Å². The van der Waals surface area contributed by atoms with Gasteiger partial charge < -0.3 is 4.74 Å². The summed E-state index contributed by atoms with van der Waals surface area (Å²) in [5.74, 6) is -0.337. The zero-order valence-corrected chi connectivity index (χ0v) is 16.7. The molecular weight excluding hydrogens is 369 g/mol. The SMILES string of the molecule is CCCCCCC[n+]1cc(Cl)c(CCOC(=O)c2ccccc2)c(Cl)c1. The highest BCUT2D eigenvalue weighted by molar-refractivity contribution is 6.35. The first kappa shape index (κ1) is 20.7. The monoisotopic (exact) mass is 394 g/mol. The summed E-state index contributed by atoms with van der Waals surface area (Å²) < 4.78 is 7.35. The van der Waals surface area contributed by atoms with Crippen LogP contribution in [0.25, 0.3) is 0 Å². The van der Waals surface area contributed by atoms with Gasteiger partial charge in [0.25, 0.3) is 0 Å². The average molecular weight is 395 g/mol. The number of esters is 1. The molecule has 1 aromatic carbocycles. The van der Waals surface area contributed by atoms with Gasteiger partial charge in [0.2, 0.25) is 0 Å². The number of unbranched alkanes of at least 4 members (excludes halogenated alkanes) is 4. The van der Waals surface area contributed by atoms with Crippen molar-refractivity contribution in [1.82, 2.24) is 0 Å². The lowest BCUT2D eigenvalue weighted by Gasteiger charge is -2.08. The largest absolute Gasteiger partial charge is 0.462 e. The summed E-state index contributed by atoms with van der Waals surface area (Å²) in [5.41, 5.74) is 1.36. The number of hydrogen-bond donors (Lipinski definition) is 0. The third-order valence-electron chi connectivity index (χ3n) is 4.25. The van der Waals surface area contributed by atoms with Gasteiger partial charge in [0, 0.05) is 18.4 Å². The first-order valence-electron chi connectivity index (χ1n) is 9.21. The highest BCUT2D eigenvalue weighted by Crippen LogP contribution is 2.23. The zero-order valence-electron chi connectivity index (χ0n) is 15.2. The van der Waals surface area contributed by atoms with E-state index in [1.807, 2.05) is 35.2 Å². The predicted octanol–water partition coefficient (Wildman–Crippen LogP) is 5.65. The Kier molecular flexibility index (Phi) is 8.93. The van der Waals surface area contributed by atoms with Crippen LogP contribution in [0.3, 0.4) is 0 Å². The number of halogens is 2. The molecule has 0 bridgehead atoms. The highest BCUT2D eigenvalue weighted by atomic mass is 35.5. The van der Waals surface area contributed by atoms with Crippen LogP contribution in [-0.4, -0.2) is 12.6 Å². The summed E-state index contributed by atoms with van der Waals surface area (Å²) >= 11 is 12.8. The quantitative estimate of drug-likeness (QED) is 0.296. The second-order valence-electron chi connectivity index (χ2n) is 6.34. The van der Waals surface area contributed by atoms with Gasteiger partial charge in [0.1, 0.15) is 16.6 Å². The topological polar surface area (TPSA) is 30.2 Å². The van der Waals surface area contributed by atoms with E-state index in [4.69, 9.17) is 27.9 Å². The zero-order chi connectivity index (χ0) is 18.8. The minimum absolute atomic E-state index is 0.244. The van der Waals surface area contributed by atoms with Gasteiger partial charge in [0.15, 0.2) is 12.4 Å². The molecule has 0 unspecified atom stereocenters. The van der Waals surface area contributed by atoms with E-state index >= 15 is 0 Å². The molecule has 0 radical (unpaired) electrons. The number of aromatic nitrogens is 1. The minimum Gasteiger partial charge on any atom is -0.462 e. The van der Waals surface area contributed by atoms with Crippen molar-refractivity contribution in [1.29, 1.82) is 0 Å². The van der Waals surface area contributed by atoms with E-state index in [1.165, 1.54) is 25.7 Å². The number of aryl methyl sites for hydroxylation is 1. The molecule has 3 nitrogen and oxygen atoms in total. The normalized spacial score (nSPS) is 10.7. The van der Waals surface area contributed by atoms with Crippen molar-refractivity contribution in [3.8, 4) is 0 Å². The summed E-state index contributed by atoms with van der Waals surface area (Å²) in [6.45, 7) is 3.37. The molecule has 26 heavy (non-hydrogen) atoms. The molecule has 0 amide bonds. The molecule has 0 spiro atoms. The van der Waals surface area contributed by atoms with Crippen LogP contribution in [0.1, 0.15) is 54.9 Å². The van der Waals surface area contributed by atoms with E-state index in [9.17, 15) is 4.79 Å². The second kappa shape index (κ2) is 11.2. The number of rotatable bonds is 10. The van der Waals surface area contributed by atoms with Gasteiger partial charge in [0.05, 0.1) is 12.2 Å². The Morgan fingerprint density at radius 2 is 1.65 bits per heavy atom. The summed E-state index contributed by atoms with van der Waals surface area (Å²) in [6.07, 6.45) is 10.4. The predicted molar refractivity (Wildman–Crippen MR) is 106 cm³/mol. The van der Waals surface area contributed by atoms with Crippen LogP contribution in [0.5, 0.6) is 0 Å². The fourth-order valence-electron chi connectivity index (χ4n) is 2.77. The van der Waals surface area contributed by atoms with Crippen LogP contribution in [0.15, 0.2) is 42.7 Å². The molecule has 0 aliphatic carbocycles. The Balaban J connectivity index is 1.84. The van der Waals surface area contributed by atoms with Crippen LogP contribution in [0, 0.1) is 0 Å². The molecular formula is C21H26Cl2NO2+. The van der Waals surface area contributed by atoms with Gasteiger partial charge in [-0.05, 0) is 18.6 Å². The smallest absolute Gasteiger partial charge is 0.338 e. The molecule has 2 aromatic rings. The van der Waals surface area contributed by atoms with Gasteiger partial charge in [-0.1, -0.05) is 67.6 Å². The molecule has 0 saturated carbocycles. The molecule has 1 aromatic heterocycles. The molecule has 5 heteroatoms. The third-order valence-corrected chi connectivity index (χ3v) is 4.90. The van der Waals surface area contributed by atoms with Gasteiger partial charge in [-0.2, -0.15) is 0 Å². The van der Waals surface area contributed by atoms with Crippen molar-refractivity contribution in [2.75, 3.05) is 6.61 Å². The lowest BCUT2D eigenvalue weighted by molar-refractivity contribution is -0.697. The van der Waals surface area contributed by atoms with Crippen molar-refractivity contribution in [3.05, 3.63) is 63.9 Å². The maximum Gasteiger partial charge on any atom is 0.338 e. The molecule has 2 rings (SSSR count). The average Bonchev–Trinajstić information content (AvgIpc) is 2.64. The Morgan fingerprint density at radius 1 is 1.00 bits per heavy atom. The number of benzene rings is 1. The summed E-state index contributed by atoms with van der Waals surface area (Å²) in [5, 5.41) is 1.23. The van der Waals surface area contributed by atoms with Gasteiger partial charge >= 0.3 is 5.97 Å². The lowest BCUT2D eigenvalue weighted by atomic mass is 10.1. The van der Waals surface area contributed by atoms with Crippen molar-refractivity contribution in [3.63, 3.8) is 0 Å². The first-order valence-corrected chi connectivity index (χ1v) is 9.96. The Morgan fingerprint density at radius 3 is 2.31 bits per heavy atom. The standard InChI is InChI=1S/C21H26Cl2NO2/c1-2-3-4-5-9-13-24-15-19(22)18(20(23)16-24)12-14-26-21(25)17-10-7-6-8-11-17/h6-8,10-11,15-16H,2-5,9,12-14H2,1H3/q+1. The van der Waals surface area contributed by atoms with E-state index in [1.54, 1.807) is 12.1 Å².